The summed E-state index contributed by atoms with van der Waals surface area (Å²) in [5.41, 5.74) is 1.40. The molecule has 2 aromatic rings. The molecular weight excluding hydrogens is 334 g/mol. The van der Waals surface area contributed by atoms with Gasteiger partial charge in [-0.2, -0.15) is 12.7 Å². The molecule has 1 aliphatic heterocycles. The molecule has 4 rings (SSSR count). The van der Waals surface area contributed by atoms with Crippen LogP contribution in [0.1, 0.15) is 29.7 Å². The van der Waals surface area contributed by atoms with Gasteiger partial charge in [0.25, 0.3) is 10.2 Å². The summed E-state index contributed by atoms with van der Waals surface area (Å²) in [6.07, 6.45) is 6.51. The van der Waals surface area contributed by atoms with Crippen molar-refractivity contribution in [3.8, 4) is 0 Å². The summed E-state index contributed by atoms with van der Waals surface area (Å²) in [6, 6.07) is 0.211. The van der Waals surface area contributed by atoms with Crippen molar-refractivity contribution in [1.82, 2.24) is 14.3 Å². The van der Waals surface area contributed by atoms with Crippen molar-refractivity contribution in [2.24, 2.45) is 5.14 Å². The third-order valence-corrected chi connectivity index (χ3v) is 6.94. The molecule has 2 aromatic heterocycles. The van der Waals surface area contributed by atoms with Crippen molar-refractivity contribution in [2.45, 2.75) is 38.1 Å². The van der Waals surface area contributed by atoms with Crippen LogP contribution < -0.4 is 10.5 Å². The molecule has 1 fully saturated rings. The van der Waals surface area contributed by atoms with Crippen LogP contribution in [0, 0.1) is 0 Å². The zero-order valence-electron chi connectivity index (χ0n) is 12.7. The number of nitrogens with zero attached hydrogens (tertiary/aromatic N) is 3. The first-order valence-corrected chi connectivity index (χ1v) is 10.1. The lowest BCUT2D eigenvalue weighted by atomic mass is 10.1. The Morgan fingerprint density at radius 3 is 2.78 bits per heavy atom. The number of hydrogen-bond donors (Lipinski definition) is 2. The van der Waals surface area contributed by atoms with Crippen molar-refractivity contribution in [1.29, 1.82) is 0 Å². The van der Waals surface area contributed by atoms with Gasteiger partial charge in [0.15, 0.2) is 0 Å². The van der Waals surface area contributed by atoms with Crippen LogP contribution in [-0.4, -0.2) is 41.8 Å². The molecule has 0 aromatic carbocycles. The molecule has 0 radical (unpaired) electrons. The highest BCUT2D eigenvalue weighted by Crippen LogP contribution is 2.39. The number of fused-ring (bicyclic) bond motifs is 3. The normalized spacial score (nSPS) is 20.0. The van der Waals surface area contributed by atoms with Gasteiger partial charge in [-0.25, -0.2) is 15.1 Å². The van der Waals surface area contributed by atoms with E-state index in [-0.39, 0.29) is 6.04 Å². The van der Waals surface area contributed by atoms with Crippen molar-refractivity contribution >= 4 is 37.6 Å². The number of thiophene rings is 1. The molecule has 0 amide bonds. The highest BCUT2D eigenvalue weighted by atomic mass is 32.2. The fourth-order valence-electron chi connectivity index (χ4n) is 3.49. The van der Waals surface area contributed by atoms with E-state index in [4.69, 9.17) is 5.14 Å². The molecule has 0 saturated carbocycles. The first-order valence-electron chi connectivity index (χ1n) is 7.82. The maximum absolute atomic E-state index is 11.4. The third kappa shape index (κ3) is 2.82. The minimum Gasteiger partial charge on any atom is -0.367 e. The minimum absolute atomic E-state index is 0.211. The number of nitrogens with two attached hydrogens (primary N) is 1. The van der Waals surface area contributed by atoms with E-state index in [1.807, 2.05) is 0 Å². The van der Waals surface area contributed by atoms with Crippen LogP contribution in [0.25, 0.3) is 10.2 Å². The average molecular weight is 353 g/mol. The molecule has 7 nitrogen and oxygen atoms in total. The molecule has 0 spiro atoms. The summed E-state index contributed by atoms with van der Waals surface area (Å²) in [4.78, 5) is 11.3. The summed E-state index contributed by atoms with van der Waals surface area (Å²) < 4.78 is 24.1. The highest BCUT2D eigenvalue weighted by Gasteiger charge is 2.27. The standard InChI is InChI=1S/C14H19N5O2S2/c15-23(20,21)19-6-4-9(5-7-19)18-13-12-10-2-1-3-11(10)22-14(12)17-8-16-13/h8-9H,1-7H2,(H2,15,20,21)(H,16,17,18). The number of piperidine rings is 1. The van der Waals surface area contributed by atoms with Crippen molar-refractivity contribution in [3.63, 3.8) is 0 Å². The maximum Gasteiger partial charge on any atom is 0.276 e. The molecule has 1 aliphatic carbocycles. The van der Waals surface area contributed by atoms with E-state index in [1.54, 1.807) is 17.7 Å². The number of nitrogens with one attached hydrogen (secondary N) is 1. The SMILES string of the molecule is NS(=O)(=O)N1CCC(Nc2ncnc3sc4c(c23)CCC4)CC1. The van der Waals surface area contributed by atoms with Gasteiger partial charge in [-0.15, -0.1) is 11.3 Å². The van der Waals surface area contributed by atoms with E-state index in [1.165, 1.54) is 26.6 Å². The van der Waals surface area contributed by atoms with E-state index in [2.05, 4.69) is 15.3 Å². The van der Waals surface area contributed by atoms with Crippen LogP contribution in [-0.2, 0) is 23.1 Å². The number of rotatable bonds is 3. The first kappa shape index (κ1) is 15.3. The molecule has 3 heterocycles. The van der Waals surface area contributed by atoms with E-state index < -0.39 is 10.2 Å². The molecule has 23 heavy (non-hydrogen) atoms. The Kier molecular flexibility index (Phi) is 3.75. The molecular formula is C14H19N5O2S2. The largest absolute Gasteiger partial charge is 0.367 e. The lowest BCUT2D eigenvalue weighted by molar-refractivity contribution is 0.330. The zero-order chi connectivity index (χ0) is 16.0. The molecule has 0 bridgehead atoms. The van der Waals surface area contributed by atoms with Crippen LogP contribution in [0.3, 0.4) is 0 Å². The number of anilines is 1. The monoisotopic (exact) mass is 353 g/mol. The molecule has 9 heteroatoms. The minimum atomic E-state index is -3.57. The quantitative estimate of drug-likeness (QED) is 0.865. The van der Waals surface area contributed by atoms with Crippen LogP contribution in [0.5, 0.6) is 0 Å². The van der Waals surface area contributed by atoms with Gasteiger partial charge in [0.05, 0.1) is 5.39 Å². The van der Waals surface area contributed by atoms with Gasteiger partial charge in [0, 0.05) is 24.0 Å². The Balaban J connectivity index is 1.55. The molecule has 0 unspecified atom stereocenters. The van der Waals surface area contributed by atoms with Gasteiger partial charge in [-0.3, -0.25) is 0 Å². The zero-order valence-corrected chi connectivity index (χ0v) is 14.3. The van der Waals surface area contributed by atoms with Crippen LogP contribution >= 0.6 is 11.3 Å². The fraction of sp³-hybridized carbons (Fsp3) is 0.571. The predicted octanol–water partition coefficient (Wildman–Crippen LogP) is 1.26. The van der Waals surface area contributed by atoms with Crippen molar-refractivity contribution < 1.29 is 8.42 Å². The van der Waals surface area contributed by atoms with E-state index >= 15 is 0 Å². The molecule has 2 aliphatic rings. The van der Waals surface area contributed by atoms with E-state index in [0.717, 1.165) is 36.3 Å². The summed E-state index contributed by atoms with van der Waals surface area (Å²) in [5, 5.41) is 9.86. The Bertz CT molecular complexity index is 840. The van der Waals surface area contributed by atoms with E-state index in [9.17, 15) is 8.42 Å². The second-order valence-corrected chi connectivity index (χ2v) is 8.75. The molecule has 1 saturated heterocycles. The Morgan fingerprint density at radius 2 is 2.04 bits per heavy atom. The molecule has 3 N–H and O–H groups in total. The van der Waals surface area contributed by atoms with E-state index in [0.29, 0.717) is 13.1 Å². The summed E-state index contributed by atoms with van der Waals surface area (Å²) >= 11 is 1.77. The lowest BCUT2D eigenvalue weighted by Crippen LogP contribution is -2.45. The Hall–Kier alpha value is -1.29. The van der Waals surface area contributed by atoms with Gasteiger partial charge in [0.1, 0.15) is 17.0 Å². The Labute approximate surface area is 139 Å². The van der Waals surface area contributed by atoms with Gasteiger partial charge in [-0.05, 0) is 37.7 Å². The van der Waals surface area contributed by atoms with Crippen molar-refractivity contribution in [3.05, 3.63) is 16.8 Å². The highest BCUT2D eigenvalue weighted by molar-refractivity contribution is 7.86. The maximum atomic E-state index is 11.4. The number of aromatic nitrogens is 2. The van der Waals surface area contributed by atoms with Gasteiger partial charge < -0.3 is 5.32 Å². The van der Waals surface area contributed by atoms with Crippen LogP contribution in [0.4, 0.5) is 5.82 Å². The second-order valence-electron chi connectivity index (χ2n) is 6.12. The first-order chi connectivity index (χ1) is 11.0. The van der Waals surface area contributed by atoms with Crippen molar-refractivity contribution in [2.75, 3.05) is 18.4 Å². The number of hydrogen-bond acceptors (Lipinski definition) is 6. The summed E-state index contributed by atoms with van der Waals surface area (Å²) in [5.74, 6) is 0.892. The van der Waals surface area contributed by atoms with Gasteiger partial charge >= 0.3 is 0 Å². The second kappa shape index (κ2) is 5.66. The topological polar surface area (TPSA) is 101 Å². The number of aryl methyl sites for hydroxylation is 2. The smallest absolute Gasteiger partial charge is 0.276 e. The van der Waals surface area contributed by atoms with Crippen LogP contribution in [0.15, 0.2) is 6.33 Å². The van der Waals surface area contributed by atoms with Crippen LogP contribution in [0.2, 0.25) is 0 Å². The Morgan fingerprint density at radius 1 is 1.26 bits per heavy atom. The average Bonchev–Trinajstić information content (AvgIpc) is 3.07. The summed E-state index contributed by atoms with van der Waals surface area (Å²) in [7, 11) is -3.57. The predicted molar refractivity (Wildman–Crippen MR) is 90.8 cm³/mol. The third-order valence-electron chi connectivity index (χ3n) is 4.66. The van der Waals surface area contributed by atoms with Gasteiger partial charge in [-0.1, -0.05) is 0 Å². The molecule has 124 valence electrons. The fourth-order valence-corrected chi connectivity index (χ4v) is 5.43. The summed E-state index contributed by atoms with van der Waals surface area (Å²) in [6.45, 7) is 0.902. The molecule has 0 atom stereocenters. The van der Waals surface area contributed by atoms with Gasteiger partial charge in [0.2, 0.25) is 0 Å². The lowest BCUT2D eigenvalue weighted by Gasteiger charge is -2.30.